The van der Waals surface area contributed by atoms with Crippen LogP contribution in [0.25, 0.3) is 0 Å². The van der Waals surface area contributed by atoms with Crippen LogP contribution in [0.5, 0.6) is 5.75 Å². The third-order valence-electron chi connectivity index (χ3n) is 2.64. The summed E-state index contributed by atoms with van der Waals surface area (Å²) in [6.45, 7) is 8.59. The molecule has 0 unspecified atom stereocenters. The van der Waals surface area contributed by atoms with Gasteiger partial charge in [-0.15, -0.1) is 0 Å². The lowest BCUT2D eigenvalue weighted by Gasteiger charge is -2.23. The van der Waals surface area contributed by atoms with E-state index in [9.17, 15) is 4.79 Å². The fraction of sp³-hybridized carbons (Fsp3) is 0.533. The number of ketones is 1. The Balaban J connectivity index is 2.85. The summed E-state index contributed by atoms with van der Waals surface area (Å²) < 4.78 is 10.4. The van der Waals surface area contributed by atoms with Crippen molar-refractivity contribution in [3.05, 3.63) is 29.3 Å². The molecular formula is C15H22O3. The number of benzene rings is 1. The molecule has 0 bridgehead atoms. The first-order valence-corrected chi connectivity index (χ1v) is 6.09. The van der Waals surface area contributed by atoms with E-state index < -0.39 is 0 Å². The summed E-state index contributed by atoms with van der Waals surface area (Å²) >= 11 is 0. The molecule has 18 heavy (non-hydrogen) atoms. The molecule has 0 atom stereocenters. The number of rotatable bonds is 5. The highest BCUT2D eigenvalue weighted by molar-refractivity contribution is 5.81. The van der Waals surface area contributed by atoms with Crippen molar-refractivity contribution in [2.45, 2.75) is 33.1 Å². The zero-order valence-electron chi connectivity index (χ0n) is 11.9. The van der Waals surface area contributed by atoms with Crippen molar-refractivity contribution in [2.75, 3.05) is 20.3 Å². The summed E-state index contributed by atoms with van der Waals surface area (Å²) in [5, 5.41) is 0. The fourth-order valence-corrected chi connectivity index (χ4v) is 1.72. The lowest BCUT2D eigenvalue weighted by molar-refractivity contribution is -0.124. The molecule has 0 aliphatic heterocycles. The molecule has 0 fully saturated rings. The van der Waals surface area contributed by atoms with Gasteiger partial charge in [0.05, 0.1) is 0 Å². The van der Waals surface area contributed by atoms with Crippen LogP contribution in [0, 0.1) is 6.92 Å². The minimum Gasteiger partial charge on any atom is -0.485 e. The van der Waals surface area contributed by atoms with E-state index in [0.717, 1.165) is 11.3 Å². The van der Waals surface area contributed by atoms with E-state index >= 15 is 0 Å². The van der Waals surface area contributed by atoms with E-state index in [4.69, 9.17) is 9.47 Å². The minimum atomic E-state index is -0.0575. The minimum absolute atomic E-state index is 0.00828. The Morgan fingerprint density at radius 3 is 2.44 bits per heavy atom. The number of methoxy groups -OCH3 is 1. The van der Waals surface area contributed by atoms with E-state index in [2.05, 4.69) is 33.8 Å². The van der Waals surface area contributed by atoms with E-state index in [1.54, 1.807) is 0 Å². The average Bonchev–Trinajstić information content (AvgIpc) is 2.26. The second-order valence-electron chi connectivity index (χ2n) is 5.51. The number of carbonyl (C=O) groups excluding carboxylic acids is 1. The van der Waals surface area contributed by atoms with Gasteiger partial charge in [0.15, 0.2) is 5.78 Å². The first kappa shape index (κ1) is 14.7. The van der Waals surface area contributed by atoms with E-state index in [1.807, 2.05) is 12.1 Å². The van der Waals surface area contributed by atoms with Crippen LogP contribution in [-0.4, -0.2) is 26.1 Å². The number of aryl methyl sites for hydroxylation is 1. The van der Waals surface area contributed by atoms with Gasteiger partial charge in [0.1, 0.15) is 19.0 Å². The smallest absolute Gasteiger partial charge is 0.195 e. The van der Waals surface area contributed by atoms with Gasteiger partial charge in [0, 0.05) is 7.11 Å². The fourth-order valence-electron chi connectivity index (χ4n) is 1.72. The van der Waals surface area contributed by atoms with Crippen molar-refractivity contribution in [2.24, 2.45) is 0 Å². The van der Waals surface area contributed by atoms with Crippen molar-refractivity contribution in [1.82, 2.24) is 0 Å². The van der Waals surface area contributed by atoms with Gasteiger partial charge in [-0.05, 0) is 24.0 Å². The van der Waals surface area contributed by atoms with Crippen molar-refractivity contribution in [3.63, 3.8) is 0 Å². The third-order valence-corrected chi connectivity index (χ3v) is 2.64. The van der Waals surface area contributed by atoms with Gasteiger partial charge in [0.2, 0.25) is 0 Å². The van der Waals surface area contributed by atoms with Gasteiger partial charge < -0.3 is 9.47 Å². The third kappa shape index (κ3) is 4.15. The van der Waals surface area contributed by atoms with Crippen molar-refractivity contribution >= 4 is 5.78 Å². The Kier molecular flexibility index (Phi) is 4.91. The van der Waals surface area contributed by atoms with Gasteiger partial charge in [-0.1, -0.05) is 38.5 Å². The Hall–Kier alpha value is -1.35. The molecular weight excluding hydrogens is 228 g/mol. The first-order valence-electron chi connectivity index (χ1n) is 6.09. The van der Waals surface area contributed by atoms with E-state index in [-0.39, 0.29) is 24.4 Å². The van der Waals surface area contributed by atoms with Crippen molar-refractivity contribution < 1.29 is 14.3 Å². The highest BCUT2D eigenvalue weighted by Gasteiger charge is 2.19. The molecule has 0 aliphatic carbocycles. The molecule has 0 spiro atoms. The Morgan fingerprint density at radius 1 is 1.22 bits per heavy atom. The molecule has 0 aliphatic rings. The SMILES string of the molecule is COCC(=O)COc1ccc(C)cc1C(C)(C)C. The molecule has 1 aromatic rings. The van der Waals surface area contributed by atoms with Crippen LogP contribution in [0.4, 0.5) is 0 Å². The van der Waals surface area contributed by atoms with Crippen molar-refractivity contribution in [1.29, 1.82) is 0 Å². The first-order chi connectivity index (χ1) is 8.34. The summed E-state index contributed by atoms with van der Waals surface area (Å²) in [6, 6.07) is 6.03. The maximum absolute atomic E-state index is 11.4. The standard InChI is InChI=1S/C15H22O3/c1-11-6-7-14(13(8-11)15(2,3)4)18-10-12(16)9-17-5/h6-8H,9-10H2,1-5H3. The summed E-state index contributed by atoms with van der Waals surface area (Å²) in [5.74, 6) is 0.718. The monoisotopic (exact) mass is 250 g/mol. The second-order valence-corrected chi connectivity index (χ2v) is 5.51. The molecule has 0 saturated carbocycles. The number of hydrogen-bond donors (Lipinski definition) is 0. The predicted molar refractivity (Wildman–Crippen MR) is 72.3 cm³/mol. The highest BCUT2D eigenvalue weighted by Crippen LogP contribution is 2.32. The quantitative estimate of drug-likeness (QED) is 0.806. The van der Waals surface area contributed by atoms with Crippen LogP contribution in [-0.2, 0) is 14.9 Å². The van der Waals surface area contributed by atoms with Gasteiger partial charge in [-0.2, -0.15) is 0 Å². The number of hydrogen-bond acceptors (Lipinski definition) is 3. The van der Waals surface area contributed by atoms with Crippen LogP contribution >= 0.6 is 0 Å². The summed E-state index contributed by atoms with van der Waals surface area (Å²) in [6.07, 6.45) is 0. The molecule has 0 heterocycles. The topological polar surface area (TPSA) is 35.5 Å². The van der Waals surface area contributed by atoms with Gasteiger partial charge in [-0.3, -0.25) is 4.79 Å². The maximum Gasteiger partial charge on any atom is 0.195 e. The second kappa shape index (κ2) is 6.01. The number of ether oxygens (including phenoxy) is 2. The molecule has 3 nitrogen and oxygen atoms in total. The zero-order chi connectivity index (χ0) is 13.8. The Morgan fingerprint density at radius 2 is 1.89 bits per heavy atom. The van der Waals surface area contributed by atoms with Crippen LogP contribution < -0.4 is 4.74 Å². The summed E-state index contributed by atoms with van der Waals surface area (Å²) in [4.78, 5) is 11.4. The number of Topliss-reactive ketones (excluding diaryl/α,β-unsaturated/α-hetero) is 1. The van der Waals surface area contributed by atoms with Crippen LogP contribution in [0.3, 0.4) is 0 Å². The molecule has 0 saturated heterocycles. The molecule has 0 amide bonds. The summed E-state index contributed by atoms with van der Waals surface area (Å²) in [5.41, 5.74) is 2.30. The van der Waals surface area contributed by atoms with Crippen LogP contribution in [0.1, 0.15) is 31.9 Å². The predicted octanol–water partition coefficient (Wildman–Crippen LogP) is 2.89. The molecule has 1 rings (SSSR count). The molecule has 100 valence electrons. The average molecular weight is 250 g/mol. The molecule has 1 aromatic carbocycles. The van der Waals surface area contributed by atoms with Crippen molar-refractivity contribution in [3.8, 4) is 5.75 Å². The normalized spacial score (nSPS) is 11.4. The molecule has 0 N–H and O–H groups in total. The Bertz CT molecular complexity index is 416. The summed E-state index contributed by atoms with van der Waals surface area (Å²) in [7, 11) is 1.50. The van der Waals surface area contributed by atoms with Crippen LogP contribution in [0.15, 0.2) is 18.2 Å². The lowest BCUT2D eigenvalue weighted by atomic mass is 9.85. The van der Waals surface area contributed by atoms with E-state index in [0.29, 0.717) is 0 Å². The molecule has 0 aromatic heterocycles. The van der Waals surface area contributed by atoms with Crippen LogP contribution in [0.2, 0.25) is 0 Å². The lowest BCUT2D eigenvalue weighted by Crippen LogP contribution is -2.19. The van der Waals surface area contributed by atoms with Gasteiger partial charge in [0.25, 0.3) is 0 Å². The molecule has 0 radical (unpaired) electrons. The number of carbonyl (C=O) groups is 1. The van der Waals surface area contributed by atoms with Gasteiger partial charge >= 0.3 is 0 Å². The maximum atomic E-state index is 11.4. The van der Waals surface area contributed by atoms with E-state index in [1.165, 1.54) is 12.7 Å². The molecule has 3 heteroatoms. The largest absolute Gasteiger partial charge is 0.485 e. The highest BCUT2D eigenvalue weighted by atomic mass is 16.5. The Labute approximate surface area is 109 Å². The van der Waals surface area contributed by atoms with Gasteiger partial charge in [-0.25, -0.2) is 0 Å². The zero-order valence-corrected chi connectivity index (χ0v) is 11.9.